The van der Waals surface area contributed by atoms with Crippen molar-refractivity contribution in [2.75, 3.05) is 13.2 Å². The third-order valence-corrected chi connectivity index (χ3v) is 3.00. The van der Waals surface area contributed by atoms with E-state index in [0.29, 0.717) is 12.1 Å². The molecule has 0 aliphatic carbocycles. The lowest BCUT2D eigenvalue weighted by molar-refractivity contribution is 0.0788. The van der Waals surface area contributed by atoms with Crippen molar-refractivity contribution in [3.63, 3.8) is 0 Å². The van der Waals surface area contributed by atoms with Crippen LogP contribution in [0.5, 0.6) is 0 Å². The molecule has 1 aromatic heterocycles. The molecule has 1 atom stereocenters. The molecule has 0 aliphatic heterocycles. The number of halogens is 1. The molecule has 0 aliphatic rings. The van der Waals surface area contributed by atoms with Crippen molar-refractivity contribution >= 4 is 0 Å². The first-order valence-electron chi connectivity index (χ1n) is 5.68. The zero-order valence-electron chi connectivity index (χ0n) is 10.2. The Kier molecular flexibility index (Phi) is 4.99. The highest BCUT2D eigenvalue weighted by atomic mass is 19.1. The van der Waals surface area contributed by atoms with Gasteiger partial charge < -0.3 is 10.2 Å². The second kappa shape index (κ2) is 6.05. The molecule has 17 heavy (non-hydrogen) atoms. The van der Waals surface area contributed by atoms with Crippen molar-refractivity contribution in [1.29, 1.82) is 0 Å². The number of pyridine rings is 1. The van der Waals surface area contributed by atoms with Crippen molar-refractivity contribution in [3.05, 3.63) is 29.8 Å². The number of aromatic nitrogens is 1. The van der Waals surface area contributed by atoms with Crippen LogP contribution in [0, 0.1) is 5.82 Å². The summed E-state index contributed by atoms with van der Waals surface area (Å²) in [6, 6.07) is 2.75. The quantitative estimate of drug-likeness (QED) is 0.696. The van der Waals surface area contributed by atoms with Gasteiger partial charge in [-0.1, -0.05) is 6.92 Å². The highest BCUT2D eigenvalue weighted by molar-refractivity contribution is 5.10. The minimum atomic E-state index is -0.727. The van der Waals surface area contributed by atoms with Gasteiger partial charge in [-0.2, -0.15) is 0 Å². The van der Waals surface area contributed by atoms with Crippen molar-refractivity contribution in [2.45, 2.75) is 31.8 Å². The number of hydrogen-bond acceptors (Lipinski definition) is 4. The van der Waals surface area contributed by atoms with E-state index in [9.17, 15) is 14.6 Å². The van der Waals surface area contributed by atoms with Crippen molar-refractivity contribution in [1.82, 2.24) is 10.3 Å². The second-order valence-electron chi connectivity index (χ2n) is 4.22. The van der Waals surface area contributed by atoms with E-state index in [1.54, 1.807) is 6.07 Å². The van der Waals surface area contributed by atoms with Crippen molar-refractivity contribution in [2.24, 2.45) is 0 Å². The summed E-state index contributed by atoms with van der Waals surface area (Å²) in [4.78, 5) is 3.96. The number of aliphatic hydroxyl groups is 2. The van der Waals surface area contributed by atoms with E-state index in [4.69, 9.17) is 0 Å². The second-order valence-corrected chi connectivity index (χ2v) is 4.22. The standard InChI is InChI=1S/C12H19FN2O2/c1-3-12(7-16,8-17)15-9(2)11-5-4-10(13)6-14-11/h4-6,9,15-17H,3,7-8H2,1-2H3. The lowest BCUT2D eigenvalue weighted by atomic mass is 9.96. The average Bonchev–Trinajstić information content (AvgIpc) is 2.37. The van der Waals surface area contributed by atoms with Crippen LogP contribution < -0.4 is 5.32 Å². The molecule has 1 aromatic rings. The Bertz CT molecular complexity index is 331. The molecule has 1 heterocycles. The van der Waals surface area contributed by atoms with Crippen molar-refractivity contribution in [3.8, 4) is 0 Å². The molecular weight excluding hydrogens is 223 g/mol. The number of aliphatic hydroxyl groups excluding tert-OH is 2. The lowest BCUT2D eigenvalue weighted by Gasteiger charge is -2.33. The Hall–Kier alpha value is -1.04. The highest BCUT2D eigenvalue weighted by Gasteiger charge is 2.28. The zero-order valence-corrected chi connectivity index (χ0v) is 10.2. The monoisotopic (exact) mass is 242 g/mol. The van der Waals surface area contributed by atoms with E-state index < -0.39 is 5.54 Å². The molecule has 0 amide bonds. The van der Waals surface area contributed by atoms with Crippen LogP contribution in [0.4, 0.5) is 4.39 Å². The minimum absolute atomic E-state index is 0.161. The molecule has 0 aromatic carbocycles. The molecule has 0 radical (unpaired) electrons. The topological polar surface area (TPSA) is 65.4 Å². The molecule has 0 bridgehead atoms. The molecule has 0 saturated carbocycles. The van der Waals surface area contributed by atoms with Gasteiger partial charge in [-0.3, -0.25) is 10.3 Å². The van der Waals surface area contributed by atoms with E-state index >= 15 is 0 Å². The number of nitrogens with one attached hydrogen (secondary N) is 1. The van der Waals surface area contributed by atoms with E-state index in [2.05, 4.69) is 10.3 Å². The van der Waals surface area contributed by atoms with Gasteiger partial charge in [0.2, 0.25) is 0 Å². The summed E-state index contributed by atoms with van der Waals surface area (Å²) < 4.78 is 12.7. The van der Waals surface area contributed by atoms with Gasteiger partial charge in [-0.15, -0.1) is 0 Å². The van der Waals surface area contributed by atoms with E-state index in [1.807, 2.05) is 13.8 Å². The smallest absolute Gasteiger partial charge is 0.141 e. The summed E-state index contributed by atoms with van der Waals surface area (Å²) in [5.74, 6) is -0.382. The Morgan fingerprint density at radius 1 is 1.41 bits per heavy atom. The highest BCUT2D eigenvalue weighted by Crippen LogP contribution is 2.17. The first-order chi connectivity index (χ1) is 8.06. The van der Waals surface area contributed by atoms with Crippen LogP contribution in [-0.4, -0.2) is 33.9 Å². The third kappa shape index (κ3) is 3.46. The number of nitrogens with zero attached hydrogens (tertiary/aromatic N) is 1. The maximum atomic E-state index is 12.7. The molecule has 4 nitrogen and oxygen atoms in total. The molecule has 3 N–H and O–H groups in total. The number of hydrogen-bond donors (Lipinski definition) is 3. The predicted octanol–water partition coefficient (Wildman–Crippen LogP) is 1.00. The molecule has 0 fully saturated rings. The summed E-state index contributed by atoms with van der Waals surface area (Å²) in [5, 5.41) is 21.8. The molecule has 96 valence electrons. The van der Waals surface area contributed by atoms with Crippen LogP contribution in [0.15, 0.2) is 18.3 Å². The molecule has 0 spiro atoms. The molecule has 5 heteroatoms. The van der Waals surface area contributed by atoms with Crippen LogP contribution in [-0.2, 0) is 0 Å². The molecule has 0 saturated heterocycles. The summed E-state index contributed by atoms with van der Waals surface area (Å²) >= 11 is 0. The van der Waals surface area contributed by atoms with Gasteiger partial charge >= 0.3 is 0 Å². The zero-order chi connectivity index (χ0) is 12.9. The third-order valence-electron chi connectivity index (χ3n) is 3.00. The maximum absolute atomic E-state index is 12.7. The predicted molar refractivity (Wildman–Crippen MR) is 62.9 cm³/mol. The Morgan fingerprint density at radius 2 is 2.06 bits per heavy atom. The van der Waals surface area contributed by atoms with Crippen LogP contribution in [0.1, 0.15) is 32.0 Å². The van der Waals surface area contributed by atoms with Gasteiger partial charge in [-0.25, -0.2) is 4.39 Å². The normalized spacial score (nSPS) is 13.7. The summed E-state index contributed by atoms with van der Waals surface area (Å²) in [5.41, 5.74) is -0.0544. The van der Waals surface area contributed by atoms with Crippen molar-refractivity contribution < 1.29 is 14.6 Å². The van der Waals surface area contributed by atoms with Gasteiger partial charge in [0.15, 0.2) is 0 Å². The minimum Gasteiger partial charge on any atom is -0.394 e. The molecule has 1 unspecified atom stereocenters. The first-order valence-corrected chi connectivity index (χ1v) is 5.68. The van der Waals surface area contributed by atoms with Crippen LogP contribution in [0.25, 0.3) is 0 Å². The molecular formula is C12H19FN2O2. The van der Waals surface area contributed by atoms with E-state index in [1.165, 1.54) is 6.07 Å². The van der Waals surface area contributed by atoms with E-state index in [0.717, 1.165) is 6.20 Å². The van der Waals surface area contributed by atoms with Gasteiger partial charge in [-0.05, 0) is 25.5 Å². The Morgan fingerprint density at radius 3 is 2.47 bits per heavy atom. The fraction of sp³-hybridized carbons (Fsp3) is 0.583. The van der Waals surface area contributed by atoms with Crippen LogP contribution in [0.2, 0.25) is 0 Å². The van der Waals surface area contributed by atoms with E-state index in [-0.39, 0.29) is 25.1 Å². The van der Waals surface area contributed by atoms with Crippen LogP contribution >= 0.6 is 0 Å². The fourth-order valence-corrected chi connectivity index (χ4v) is 1.64. The Balaban J connectivity index is 2.76. The van der Waals surface area contributed by atoms with Gasteiger partial charge in [0.25, 0.3) is 0 Å². The largest absolute Gasteiger partial charge is 0.394 e. The average molecular weight is 242 g/mol. The Labute approximate surface area is 101 Å². The summed E-state index contributed by atoms with van der Waals surface area (Å²) in [7, 11) is 0. The first kappa shape index (κ1) is 14.0. The summed E-state index contributed by atoms with van der Waals surface area (Å²) in [6.07, 6.45) is 1.74. The fourth-order valence-electron chi connectivity index (χ4n) is 1.64. The van der Waals surface area contributed by atoms with Crippen LogP contribution in [0.3, 0.4) is 0 Å². The SMILES string of the molecule is CCC(CO)(CO)NC(C)c1ccc(F)cn1. The molecule has 1 rings (SSSR count). The lowest BCUT2D eigenvalue weighted by Crippen LogP contribution is -2.52. The van der Waals surface area contributed by atoms with Gasteiger partial charge in [0.1, 0.15) is 5.82 Å². The number of rotatable bonds is 6. The van der Waals surface area contributed by atoms with Gasteiger partial charge in [0, 0.05) is 6.04 Å². The summed E-state index contributed by atoms with van der Waals surface area (Å²) in [6.45, 7) is 3.41. The van der Waals surface area contributed by atoms with Gasteiger partial charge in [0.05, 0.1) is 30.6 Å². The maximum Gasteiger partial charge on any atom is 0.141 e.